The third-order valence-electron chi connectivity index (χ3n) is 3.31. The van der Waals surface area contributed by atoms with Crippen LogP contribution in [0, 0.1) is 6.92 Å². The summed E-state index contributed by atoms with van der Waals surface area (Å²) in [4.78, 5) is 12.3. The van der Waals surface area contributed by atoms with E-state index in [1.165, 1.54) is 5.56 Å². The molecule has 2 heteroatoms. The van der Waals surface area contributed by atoms with Crippen molar-refractivity contribution in [3.63, 3.8) is 0 Å². The van der Waals surface area contributed by atoms with Crippen molar-refractivity contribution >= 4 is 5.91 Å². The van der Waals surface area contributed by atoms with Gasteiger partial charge in [-0.2, -0.15) is 0 Å². The van der Waals surface area contributed by atoms with Gasteiger partial charge in [-0.15, -0.1) is 6.58 Å². The maximum absolute atomic E-state index is 12.3. The summed E-state index contributed by atoms with van der Waals surface area (Å²) in [6.45, 7) is 5.84. The quantitative estimate of drug-likeness (QED) is 0.812. The molecule has 2 nitrogen and oxygen atoms in total. The molecule has 102 valence electrons. The second-order valence-electron chi connectivity index (χ2n) is 4.77. The molecular weight excluding hydrogens is 246 g/mol. The van der Waals surface area contributed by atoms with Gasteiger partial charge in [0.05, 0.1) is 6.04 Å². The summed E-state index contributed by atoms with van der Waals surface area (Å²) in [5.74, 6) is -0.0549. The van der Waals surface area contributed by atoms with Gasteiger partial charge in [0.25, 0.3) is 5.91 Å². The van der Waals surface area contributed by atoms with E-state index in [0.29, 0.717) is 12.0 Å². The van der Waals surface area contributed by atoms with E-state index in [2.05, 4.69) is 31.0 Å². The van der Waals surface area contributed by atoms with Crippen molar-refractivity contribution in [2.75, 3.05) is 0 Å². The maximum Gasteiger partial charge on any atom is 0.251 e. The van der Waals surface area contributed by atoms with Crippen molar-refractivity contribution < 1.29 is 4.79 Å². The summed E-state index contributed by atoms with van der Waals surface area (Å²) < 4.78 is 0. The average Bonchev–Trinajstić information content (AvgIpc) is 2.48. The first-order valence-electron chi connectivity index (χ1n) is 6.74. The Morgan fingerprint density at radius 1 is 1.15 bits per heavy atom. The van der Waals surface area contributed by atoms with Gasteiger partial charge in [-0.25, -0.2) is 0 Å². The Morgan fingerprint density at radius 2 is 1.80 bits per heavy atom. The van der Waals surface area contributed by atoms with Crippen LogP contribution in [0.15, 0.2) is 67.3 Å². The Labute approximate surface area is 120 Å². The first-order chi connectivity index (χ1) is 9.72. The standard InChI is InChI=1S/C18H19NO/c1-3-9-17(16-13-8-7-10-14(16)2)19-18(20)15-11-5-4-6-12-15/h3-8,10-13,17H,1,9H2,2H3,(H,19,20)/t17-/m1/s1. The van der Waals surface area contributed by atoms with Crippen LogP contribution in [0.1, 0.15) is 33.9 Å². The summed E-state index contributed by atoms with van der Waals surface area (Å²) >= 11 is 0. The van der Waals surface area contributed by atoms with Gasteiger partial charge in [-0.1, -0.05) is 48.5 Å². The van der Waals surface area contributed by atoms with Gasteiger partial charge in [0.1, 0.15) is 0 Å². The molecule has 2 aromatic rings. The third kappa shape index (κ3) is 3.35. The van der Waals surface area contributed by atoms with Crippen LogP contribution in [0.3, 0.4) is 0 Å². The Bertz CT molecular complexity index is 589. The first kappa shape index (κ1) is 14.1. The molecule has 0 aliphatic heterocycles. The zero-order chi connectivity index (χ0) is 14.4. The average molecular weight is 265 g/mol. The third-order valence-corrected chi connectivity index (χ3v) is 3.31. The first-order valence-corrected chi connectivity index (χ1v) is 6.74. The fourth-order valence-electron chi connectivity index (χ4n) is 2.24. The van der Waals surface area contributed by atoms with Gasteiger partial charge in [-0.05, 0) is 36.6 Å². The van der Waals surface area contributed by atoms with E-state index in [-0.39, 0.29) is 11.9 Å². The van der Waals surface area contributed by atoms with E-state index in [9.17, 15) is 4.79 Å². The van der Waals surface area contributed by atoms with Crippen molar-refractivity contribution in [1.29, 1.82) is 0 Å². The van der Waals surface area contributed by atoms with Crippen molar-refractivity contribution in [2.45, 2.75) is 19.4 Å². The highest BCUT2D eigenvalue weighted by atomic mass is 16.1. The molecule has 0 spiro atoms. The molecule has 1 amide bonds. The molecule has 0 saturated carbocycles. The molecule has 0 radical (unpaired) electrons. The highest BCUT2D eigenvalue weighted by Gasteiger charge is 2.15. The van der Waals surface area contributed by atoms with Crippen LogP contribution in [-0.4, -0.2) is 5.91 Å². The minimum atomic E-state index is -0.0549. The summed E-state index contributed by atoms with van der Waals surface area (Å²) in [6.07, 6.45) is 2.55. The van der Waals surface area contributed by atoms with E-state index >= 15 is 0 Å². The number of hydrogen-bond donors (Lipinski definition) is 1. The maximum atomic E-state index is 12.3. The fraction of sp³-hybridized carbons (Fsp3) is 0.167. The van der Waals surface area contributed by atoms with Crippen LogP contribution in [0.5, 0.6) is 0 Å². The topological polar surface area (TPSA) is 29.1 Å². The zero-order valence-corrected chi connectivity index (χ0v) is 11.7. The lowest BCUT2D eigenvalue weighted by Gasteiger charge is -2.19. The number of carbonyl (C=O) groups excluding carboxylic acids is 1. The van der Waals surface area contributed by atoms with E-state index < -0.39 is 0 Å². The molecular formula is C18H19NO. The van der Waals surface area contributed by atoms with Gasteiger partial charge >= 0.3 is 0 Å². The number of aryl methyl sites for hydroxylation is 1. The highest BCUT2D eigenvalue weighted by molar-refractivity contribution is 5.94. The minimum absolute atomic E-state index is 0.0404. The summed E-state index contributed by atoms with van der Waals surface area (Å²) in [6, 6.07) is 17.3. The van der Waals surface area contributed by atoms with E-state index in [4.69, 9.17) is 0 Å². The van der Waals surface area contributed by atoms with E-state index in [0.717, 1.165) is 5.56 Å². The van der Waals surface area contributed by atoms with Gasteiger partial charge in [0.15, 0.2) is 0 Å². The smallest absolute Gasteiger partial charge is 0.251 e. The monoisotopic (exact) mass is 265 g/mol. The molecule has 1 atom stereocenters. The Kier molecular flexibility index (Phi) is 4.72. The van der Waals surface area contributed by atoms with Crippen molar-refractivity contribution in [1.82, 2.24) is 5.32 Å². The molecule has 0 fully saturated rings. The zero-order valence-electron chi connectivity index (χ0n) is 11.7. The summed E-state index contributed by atoms with van der Waals surface area (Å²) in [5.41, 5.74) is 2.99. The van der Waals surface area contributed by atoms with Crippen LogP contribution in [-0.2, 0) is 0 Å². The number of benzene rings is 2. The fourth-order valence-corrected chi connectivity index (χ4v) is 2.24. The minimum Gasteiger partial charge on any atom is -0.345 e. The number of amides is 1. The molecule has 0 heterocycles. The Hall–Kier alpha value is -2.35. The van der Waals surface area contributed by atoms with Crippen molar-refractivity contribution in [3.05, 3.63) is 83.9 Å². The second-order valence-corrected chi connectivity index (χ2v) is 4.77. The van der Waals surface area contributed by atoms with Crippen LogP contribution >= 0.6 is 0 Å². The Balaban J connectivity index is 2.20. The molecule has 1 N–H and O–H groups in total. The normalized spacial score (nSPS) is 11.7. The number of carbonyl (C=O) groups is 1. The summed E-state index contributed by atoms with van der Waals surface area (Å²) in [7, 11) is 0. The highest BCUT2D eigenvalue weighted by Crippen LogP contribution is 2.21. The molecule has 20 heavy (non-hydrogen) atoms. The molecule has 0 aliphatic rings. The van der Waals surface area contributed by atoms with Crippen LogP contribution in [0.25, 0.3) is 0 Å². The molecule has 0 bridgehead atoms. The molecule has 0 unspecified atom stereocenters. The second kappa shape index (κ2) is 6.71. The number of nitrogens with one attached hydrogen (secondary N) is 1. The summed E-state index contributed by atoms with van der Waals surface area (Å²) in [5, 5.41) is 3.08. The van der Waals surface area contributed by atoms with Crippen molar-refractivity contribution in [3.8, 4) is 0 Å². The van der Waals surface area contributed by atoms with Crippen LogP contribution < -0.4 is 5.32 Å². The molecule has 0 aliphatic carbocycles. The Morgan fingerprint density at radius 3 is 2.45 bits per heavy atom. The van der Waals surface area contributed by atoms with Gasteiger partial charge < -0.3 is 5.32 Å². The lowest BCUT2D eigenvalue weighted by Crippen LogP contribution is -2.28. The van der Waals surface area contributed by atoms with Crippen LogP contribution in [0.2, 0.25) is 0 Å². The van der Waals surface area contributed by atoms with Gasteiger partial charge in [0, 0.05) is 5.56 Å². The largest absolute Gasteiger partial charge is 0.345 e. The molecule has 0 saturated heterocycles. The van der Waals surface area contributed by atoms with E-state index in [1.807, 2.05) is 48.5 Å². The number of hydrogen-bond acceptors (Lipinski definition) is 1. The SMILES string of the molecule is C=CC[C@@H](NC(=O)c1ccccc1)c1ccccc1C. The van der Waals surface area contributed by atoms with E-state index in [1.54, 1.807) is 0 Å². The van der Waals surface area contributed by atoms with Crippen LogP contribution in [0.4, 0.5) is 0 Å². The molecule has 2 aromatic carbocycles. The van der Waals surface area contributed by atoms with Gasteiger partial charge in [-0.3, -0.25) is 4.79 Å². The lowest BCUT2D eigenvalue weighted by molar-refractivity contribution is 0.0937. The predicted molar refractivity (Wildman–Crippen MR) is 82.6 cm³/mol. The molecule has 2 rings (SSSR count). The molecule has 0 aromatic heterocycles. The lowest BCUT2D eigenvalue weighted by atomic mass is 9.98. The van der Waals surface area contributed by atoms with Crippen molar-refractivity contribution in [2.24, 2.45) is 0 Å². The number of rotatable bonds is 5. The predicted octanol–water partition coefficient (Wildman–Crippen LogP) is 4.04. The van der Waals surface area contributed by atoms with Gasteiger partial charge in [0.2, 0.25) is 0 Å².